The Morgan fingerprint density at radius 1 is 1.09 bits per heavy atom. The predicted octanol–water partition coefficient (Wildman–Crippen LogP) is 7.08. The summed E-state index contributed by atoms with van der Waals surface area (Å²) in [6.07, 6.45) is -3.97. The molecule has 1 heterocycles. The second-order valence-corrected chi connectivity index (χ2v) is 8.41. The number of fused-ring (bicyclic) bond motifs is 1. The normalized spacial score (nSPS) is 13.0. The first-order valence-corrected chi connectivity index (χ1v) is 11.1. The fourth-order valence-electron chi connectivity index (χ4n) is 3.91. The molecule has 0 fully saturated rings. The van der Waals surface area contributed by atoms with Crippen LogP contribution >= 0.6 is 0 Å². The molecule has 3 rings (SSSR count). The maximum absolute atomic E-state index is 13.5. The maximum Gasteiger partial charge on any atom is 0.453 e. The van der Waals surface area contributed by atoms with Crippen molar-refractivity contribution in [2.24, 2.45) is 0 Å². The van der Waals surface area contributed by atoms with Crippen molar-refractivity contribution >= 4 is 16.9 Å². The molecule has 1 unspecified atom stereocenters. The van der Waals surface area contributed by atoms with Gasteiger partial charge in [0.1, 0.15) is 11.3 Å². The number of aromatic nitrogens is 1. The first-order valence-electron chi connectivity index (χ1n) is 11.1. The molecule has 1 aromatic heterocycles. The number of benzene rings is 2. The standard InChI is InChI=1S/C25H28F3NO4/c1-5-7-17-13-19-20(29-33-23(19)25(26,27)28)18(8-6-2)21(17)32-22(24(30)31)16-11-9-15(10-12-16)14(3)4/h9-14,22H,5-8H2,1-4H3,(H,30,31). The highest BCUT2D eigenvalue weighted by atomic mass is 19.4. The number of rotatable bonds is 9. The molecule has 0 radical (unpaired) electrons. The van der Waals surface area contributed by atoms with Gasteiger partial charge in [-0.25, -0.2) is 4.79 Å². The summed E-state index contributed by atoms with van der Waals surface area (Å²) in [7, 11) is 0. The van der Waals surface area contributed by atoms with Crippen LogP contribution in [0, 0.1) is 0 Å². The SMILES string of the molecule is CCCc1cc2c(C(F)(F)F)onc2c(CCC)c1OC(C(=O)O)c1ccc(C(C)C)cc1. The summed E-state index contributed by atoms with van der Waals surface area (Å²) in [5.41, 5.74) is 2.51. The van der Waals surface area contributed by atoms with Gasteiger partial charge < -0.3 is 14.4 Å². The van der Waals surface area contributed by atoms with Gasteiger partial charge in [0.15, 0.2) is 0 Å². The summed E-state index contributed by atoms with van der Waals surface area (Å²) in [5.74, 6) is -1.78. The van der Waals surface area contributed by atoms with E-state index in [2.05, 4.69) is 9.68 Å². The van der Waals surface area contributed by atoms with Gasteiger partial charge in [-0.15, -0.1) is 0 Å². The van der Waals surface area contributed by atoms with Gasteiger partial charge in [0.25, 0.3) is 0 Å². The number of aliphatic carboxylic acids is 1. The van der Waals surface area contributed by atoms with Crippen LogP contribution in [-0.2, 0) is 23.8 Å². The minimum atomic E-state index is -4.69. The van der Waals surface area contributed by atoms with E-state index in [0.717, 1.165) is 5.56 Å². The highest BCUT2D eigenvalue weighted by molar-refractivity contribution is 5.88. The molecule has 0 aliphatic heterocycles. The molecular weight excluding hydrogens is 435 g/mol. The minimum Gasteiger partial charge on any atom is -0.478 e. The van der Waals surface area contributed by atoms with E-state index >= 15 is 0 Å². The van der Waals surface area contributed by atoms with Crippen LogP contribution in [0.1, 0.15) is 80.6 Å². The van der Waals surface area contributed by atoms with Gasteiger partial charge in [-0.2, -0.15) is 13.2 Å². The zero-order valence-electron chi connectivity index (χ0n) is 19.1. The third kappa shape index (κ3) is 5.15. The summed E-state index contributed by atoms with van der Waals surface area (Å²) < 4.78 is 51.2. The molecule has 0 amide bonds. The zero-order chi connectivity index (χ0) is 24.3. The predicted molar refractivity (Wildman–Crippen MR) is 119 cm³/mol. The number of alkyl halides is 3. The molecule has 1 N–H and O–H groups in total. The number of aryl methyl sites for hydroxylation is 2. The monoisotopic (exact) mass is 463 g/mol. The Bertz CT molecular complexity index is 1120. The smallest absolute Gasteiger partial charge is 0.453 e. The molecule has 5 nitrogen and oxygen atoms in total. The van der Waals surface area contributed by atoms with Crippen LogP contribution in [-0.4, -0.2) is 16.2 Å². The molecule has 0 spiro atoms. The van der Waals surface area contributed by atoms with E-state index in [9.17, 15) is 23.1 Å². The number of carboxylic acid groups (broad SMARTS) is 1. The van der Waals surface area contributed by atoms with Crippen molar-refractivity contribution in [1.82, 2.24) is 5.16 Å². The average molecular weight is 463 g/mol. The molecule has 0 aliphatic carbocycles. The molecular formula is C25H28F3NO4. The molecule has 0 aliphatic rings. The second kappa shape index (κ2) is 9.85. The third-order valence-electron chi connectivity index (χ3n) is 5.54. The van der Waals surface area contributed by atoms with Crippen molar-refractivity contribution in [1.29, 1.82) is 0 Å². The molecule has 33 heavy (non-hydrogen) atoms. The Hall–Kier alpha value is -3.03. The molecule has 2 aromatic carbocycles. The summed E-state index contributed by atoms with van der Waals surface area (Å²) in [5, 5.41) is 13.5. The van der Waals surface area contributed by atoms with Crippen molar-refractivity contribution in [2.45, 2.75) is 71.6 Å². The van der Waals surface area contributed by atoms with Crippen LogP contribution in [0.5, 0.6) is 5.75 Å². The molecule has 0 saturated carbocycles. The number of ether oxygens (including phenoxy) is 1. The van der Waals surface area contributed by atoms with Crippen LogP contribution in [0.2, 0.25) is 0 Å². The van der Waals surface area contributed by atoms with Gasteiger partial charge >= 0.3 is 12.1 Å². The number of carboxylic acids is 1. The van der Waals surface area contributed by atoms with Gasteiger partial charge in [0, 0.05) is 11.1 Å². The van der Waals surface area contributed by atoms with E-state index in [1.54, 1.807) is 12.1 Å². The number of hydrogen-bond donors (Lipinski definition) is 1. The van der Waals surface area contributed by atoms with E-state index in [4.69, 9.17) is 4.74 Å². The lowest BCUT2D eigenvalue weighted by atomic mass is 9.96. The molecule has 0 saturated heterocycles. The van der Waals surface area contributed by atoms with Gasteiger partial charge in [0.2, 0.25) is 11.9 Å². The van der Waals surface area contributed by atoms with Crippen LogP contribution in [0.3, 0.4) is 0 Å². The number of carbonyl (C=O) groups is 1. The lowest BCUT2D eigenvalue weighted by Crippen LogP contribution is -2.20. The molecule has 1 atom stereocenters. The maximum atomic E-state index is 13.5. The second-order valence-electron chi connectivity index (χ2n) is 8.41. The fourth-order valence-corrected chi connectivity index (χ4v) is 3.91. The summed E-state index contributed by atoms with van der Waals surface area (Å²) in [6, 6.07) is 8.51. The highest BCUT2D eigenvalue weighted by Gasteiger charge is 2.39. The highest BCUT2D eigenvalue weighted by Crippen LogP contribution is 2.42. The van der Waals surface area contributed by atoms with E-state index in [0.29, 0.717) is 42.4 Å². The largest absolute Gasteiger partial charge is 0.478 e. The van der Waals surface area contributed by atoms with Crippen LogP contribution in [0.15, 0.2) is 34.9 Å². The lowest BCUT2D eigenvalue weighted by Gasteiger charge is -2.21. The van der Waals surface area contributed by atoms with E-state index in [1.165, 1.54) is 6.07 Å². The van der Waals surface area contributed by atoms with Crippen LogP contribution in [0.25, 0.3) is 10.9 Å². The molecule has 178 valence electrons. The topological polar surface area (TPSA) is 72.6 Å². The van der Waals surface area contributed by atoms with E-state index in [-0.39, 0.29) is 22.6 Å². The van der Waals surface area contributed by atoms with Crippen LogP contribution in [0.4, 0.5) is 13.2 Å². The van der Waals surface area contributed by atoms with Gasteiger partial charge in [-0.05, 0) is 36.0 Å². The quantitative estimate of drug-likeness (QED) is 0.367. The van der Waals surface area contributed by atoms with Crippen molar-refractivity contribution in [3.05, 3.63) is 58.3 Å². The van der Waals surface area contributed by atoms with E-state index < -0.39 is 24.0 Å². The van der Waals surface area contributed by atoms with Crippen molar-refractivity contribution in [2.75, 3.05) is 0 Å². The number of halogens is 3. The van der Waals surface area contributed by atoms with Crippen molar-refractivity contribution < 1.29 is 32.3 Å². The number of hydrogen-bond acceptors (Lipinski definition) is 4. The van der Waals surface area contributed by atoms with Crippen molar-refractivity contribution in [3.63, 3.8) is 0 Å². The van der Waals surface area contributed by atoms with Gasteiger partial charge in [-0.1, -0.05) is 70.0 Å². The lowest BCUT2D eigenvalue weighted by molar-refractivity contribution is -0.154. The number of nitrogens with zero attached hydrogens (tertiary/aromatic N) is 1. The molecule has 0 bridgehead atoms. The van der Waals surface area contributed by atoms with E-state index in [1.807, 2.05) is 39.8 Å². The Labute approximate surface area is 190 Å². The molecule has 3 aromatic rings. The van der Waals surface area contributed by atoms with Crippen molar-refractivity contribution in [3.8, 4) is 5.75 Å². The minimum absolute atomic E-state index is 0.0540. The summed E-state index contributed by atoms with van der Waals surface area (Å²) in [6.45, 7) is 7.85. The summed E-state index contributed by atoms with van der Waals surface area (Å²) >= 11 is 0. The Balaban J connectivity index is 2.17. The third-order valence-corrected chi connectivity index (χ3v) is 5.54. The Morgan fingerprint density at radius 3 is 2.21 bits per heavy atom. The Kier molecular flexibility index (Phi) is 7.34. The van der Waals surface area contributed by atoms with Crippen LogP contribution < -0.4 is 4.74 Å². The van der Waals surface area contributed by atoms with Gasteiger partial charge in [0.05, 0.1) is 5.39 Å². The average Bonchev–Trinajstić information content (AvgIpc) is 3.17. The first-order chi connectivity index (χ1) is 15.6. The van der Waals surface area contributed by atoms with Gasteiger partial charge in [-0.3, -0.25) is 0 Å². The first kappa shape index (κ1) is 24.6. The fraction of sp³-hybridized carbons (Fsp3) is 0.440. The Morgan fingerprint density at radius 2 is 1.70 bits per heavy atom. The molecule has 8 heteroatoms. The zero-order valence-corrected chi connectivity index (χ0v) is 19.1. The summed E-state index contributed by atoms with van der Waals surface area (Å²) in [4.78, 5) is 12.2.